The summed E-state index contributed by atoms with van der Waals surface area (Å²) < 4.78 is 41.9. The normalized spacial score (nSPS) is 16.6. The molecule has 1 aliphatic carbocycles. The Morgan fingerprint density at radius 2 is 2.00 bits per heavy atom. The van der Waals surface area contributed by atoms with Crippen molar-refractivity contribution in [1.82, 2.24) is 10.0 Å². The van der Waals surface area contributed by atoms with E-state index in [1.54, 1.807) is 6.07 Å². The van der Waals surface area contributed by atoms with E-state index in [0.717, 1.165) is 18.4 Å². The predicted molar refractivity (Wildman–Crippen MR) is 99.5 cm³/mol. The summed E-state index contributed by atoms with van der Waals surface area (Å²) in [6.45, 7) is 1.30. The van der Waals surface area contributed by atoms with Gasteiger partial charge in [0, 0.05) is 18.2 Å². The first-order valence-electron chi connectivity index (χ1n) is 8.89. The van der Waals surface area contributed by atoms with Crippen LogP contribution in [-0.4, -0.2) is 26.9 Å². The van der Waals surface area contributed by atoms with Gasteiger partial charge in [-0.1, -0.05) is 12.1 Å². The molecule has 0 unspecified atom stereocenters. The average molecular weight is 389 g/mol. The van der Waals surface area contributed by atoms with Gasteiger partial charge in [0.1, 0.15) is 5.82 Å². The van der Waals surface area contributed by atoms with Crippen LogP contribution in [0.25, 0.3) is 0 Å². The topological polar surface area (TPSA) is 87.3 Å². The summed E-state index contributed by atoms with van der Waals surface area (Å²) in [4.78, 5) is 12.6. The van der Waals surface area contributed by atoms with Crippen molar-refractivity contribution in [1.29, 1.82) is 0 Å². The average Bonchev–Trinajstić information content (AvgIpc) is 3.47. The maximum absolute atomic E-state index is 14.7. The number of halogens is 1. The molecule has 1 fully saturated rings. The summed E-state index contributed by atoms with van der Waals surface area (Å²) in [5.41, 5.74) is 1.75. The van der Waals surface area contributed by atoms with Crippen LogP contribution >= 0.6 is 0 Å². The molecule has 6 nitrogen and oxygen atoms in total. The molecular weight excluding hydrogens is 369 g/mol. The largest absolute Gasteiger partial charge is 0.319 e. The van der Waals surface area contributed by atoms with Gasteiger partial charge in [0.2, 0.25) is 10.0 Å². The van der Waals surface area contributed by atoms with Crippen LogP contribution in [0.15, 0.2) is 41.3 Å². The summed E-state index contributed by atoms with van der Waals surface area (Å²) in [6.07, 6.45) is 2.21. The Bertz CT molecular complexity index is 1000. The van der Waals surface area contributed by atoms with E-state index in [1.807, 2.05) is 0 Å². The Hall–Kier alpha value is -2.29. The molecule has 3 N–H and O–H groups in total. The molecule has 1 heterocycles. The molecule has 0 bridgehead atoms. The van der Waals surface area contributed by atoms with Gasteiger partial charge in [0.05, 0.1) is 10.6 Å². The molecule has 2 aromatic carbocycles. The number of carbonyl (C=O) groups excluding carboxylic acids is 1. The molecular formula is C19H20FN3O3S. The van der Waals surface area contributed by atoms with Crippen molar-refractivity contribution in [3.63, 3.8) is 0 Å². The highest BCUT2D eigenvalue weighted by Gasteiger charge is 2.28. The SMILES string of the molecule is O=C(Nc1ccc2c(c1F)CCNC2)c1cccc(S(=O)(=O)NC2CC2)c1. The Morgan fingerprint density at radius 1 is 1.19 bits per heavy atom. The van der Waals surface area contributed by atoms with Crippen molar-refractivity contribution in [2.24, 2.45) is 0 Å². The zero-order valence-electron chi connectivity index (χ0n) is 14.6. The van der Waals surface area contributed by atoms with Crippen LogP contribution in [0, 0.1) is 5.82 Å². The number of benzene rings is 2. The van der Waals surface area contributed by atoms with Gasteiger partial charge in [-0.2, -0.15) is 0 Å². The van der Waals surface area contributed by atoms with Crippen molar-refractivity contribution in [2.75, 3.05) is 11.9 Å². The minimum Gasteiger partial charge on any atom is -0.319 e. The van der Waals surface area contributed by atoms with E-state index in [4.69, 9.17) is 0 Å². The third-order valence-corrected chi connectivity index (χ3v) is 6.28. The fourth-order valence-electron chi connectivity index (χ4n) is 3.12. The van der Waals surface area contributed by atoms with Gasteiger partial charge in [0.15, 0.2) is 0 Å². The van der Waals surface area contributed by atoms with Gasteiger partial charge < -0.3 is 10.6 Å². The molecule has 0 aromatic heterocycles. The Balaban J connectivity index is 1.56. The smallest absolute Gasteiger partial charge is 0.255 e. The highest BCUT2D eigenvalue weighted by Crippen LogP contribution is 2.26. The maximum Gasteiger partial charge on any atom is 0.255 e. The highest BCUT2D eigenvalue weighted by molar-refractivity contribution is 7.89. The molecule has 142 valence electrons. The minimum atomic E-state index is -3.66. The quantitative estimate of drug-likeness (QED) is 0.731. The Labute approximate surface area is 157 Å². The summed E-state index contributed by atoms with van der Waals surface area (Å²) in [5, 5.41) is 5.73. The number of nitrogens with one attached hydrogen (secondary N) is 3. The van der Waals surface area contributed by atoms with Crippen molar-refractivity contribution in [3.8, 4) is 0 Å². The summed E-state index contributed by atoms with van der Waals surface area (Å²) >= 11 is 0. The van der Waals surface area contributed by atoms with Crippen LogP contribution in [0.5, 0.6) is 0 Å². The van der Waals surface area contributed by atoms with E-state index in [1.165, 1.54) is 30.3 Å². The third-order valence-electron chi connectivity index (χ3n) is 4.76. The van der Waals surface area contributed by atoms with E-state index >= 15 is 0 Å². The molecule has 2 aromatic rings. The number of sulfonamides is 1. The molecule has 0 spiro atoms. The third kappa shape index (κ3) is 3.87. The van der Waals surface area contributed by atoms with E-state index in [2.05, 4.69) is 15.4 Å². The molecule has 27 heavy (non-hydrogen) atoms. The highest BCUT2D eigenvalue weighted by atomic mass is 32.2. The van der Waals surface area contributed by atoms with E-state index in [0.29, 0.717) is 25.1 Å². The molecule has 8 heteroatoms. The number of rotatable bonds is 5. The zero-order chi connectivity index (χ0) is 19.0. The Kier molecular flexibility index (Phi) is 4.71. The first kappa shape index (κ1) is 18.1. The van der Waals surface area contributed by atoms with E-state index in [-0.39, 0.29) is 22.2 Å². The lowest BCUT2D eigenvalue weighted by atomic mass is 9.99. The molecule has 2 aliphatic rings. The van der Waals surface area contributed by atoms with Crippen LogP contribution < -0.4 is 15.4 Å². The second-order valence-corrected chi connectivity index (χ2v) is 8.58. The van der Waals surface area contributed by atoms with Gasteiger partial charge >= 0.3 is 0 Å². The lowest BCUT2D eigenvalue weighted by Gasteiger charge is -2.19. The number of anilines is 1. The second kappa shape index (κ2) is 7.03. The Morgan fingerprint density at radius 3 is 2.78 bits per heavy atom. The summed E-state index contributed by atoms with van der Waals surface area (Å²) in [6, 6.07) is 9.06. The van der Waals surface area contributed by atoms with Gasteiger partial charge in [-0.15, -0.1) is 0 Å². The van der Waals surface area contributed by atoms with Crippen molar-refractivity contribution in [3.05, 3.63) is 58.9 Å². The van der Waals surface area contributed by atoms with Crippen LogP contribution in [0.3, 0.4) is 0 Å². The fraction of sp³-hybridized carbons (Fsp3) is 0.316. The minimum absolute atomic E-state index is 0.0217. The van der Waals surface area contributed by atoms with Gasteiger partial charge in [-0.25, -0.2) is 17.5 Å². The molecule has 1 aliphatic heterocycles. The molecule has 4 rings (SSSR count). The fourth-order valence-corrected chi connectivity index (χ4v) is 4.47. The number of hydrogen-bond donors (Lipinski definition) is 3. The monoisotopic (exact) mass is 389 g/mol. The zero-order valence-corrected chi connectivity index (χ0v) is 15.4. The number of amides is 1. The lowest BCUT2D eigenvalue weighted by molar-refractivity contribution is 0.102. The number of carbonyl (C=O) groups is 1. The number of hydrogen-bond acceptors (Lipinski definition) is 4. The van der Waals surface area contributed by atoms with Gasteiger partial charge in [-0.3, -0.25) is 4.79 Å². The summed E-state index contributed by atoms with van der Waals surface area (Å²) in [7, 11) is -3.66. The van der Waals surface area contributed by atoms with Crippen molar-refractivity contribution in [2.45, 2.75) is 36.7 Å². The van der Waals surface area contributed by atoms with Gasteiger partial charge in [0.25, 0.3) is 5.91 Å². The molecule has 0 radical (unpaired) electrons. The van der Waals surface area contributed by atoms with Crippen molar-refractivity contribution >= 4 is 21.6 Å². The van der Waals surface area contributed by atoms with E-state index in [9.17, 15) is 17.6 Å². The lowest BCUT2D eigenvalue weighted by Crippen LogP contribution is -2.26. The van der Waals surface area contributed by atoms with Crippen LogP contribution in [0.4, 0.5) is 10.1 Å². The second-order valence-electron chi connectivity index (χ2n) is 6.87. The molecule has 1 amide bonds. The molecule has 0 atom stereocenters. The predicted octanol–water partition coefficient (Wildman–Crippen LogP) is 2.16. The van der Waals surface area contributed by atoms with Gasteiger partial charge in [-0.05, 0) is 61.2 Å². The molecule has 0 saturated heterocycles. The molecule has 1 saturated carbocycles. The maximum atomic E-state index is 14.7. The van der Waals surface area contributed by atoms with Crippen LogP contribution in [0.2, 0.25) is 0 Å². The van der Waals surface area contributed by atoms with Crippen LogP contribution in [0.1, 0.15) is 34.3 Å². The van der Waals surface area contributed by atoms with Crippen molar-refractivity contribution < 1.29 is 17.6 Å². The summed E-state index contributed by atoms with van der Waals surface area (Å²) in [5.74, 6) is -0.979. The number of fused-ring (bicyclic) bond motifs is 1. The van der Waals surface area contributed by atoms with Crippen LogP contribution in [-0.2, 0) is 23.0 Å². The first-order chi connectivity index (χ1) is 12.9. The standard InChI is InChI=1S/C19H20FN3O3S/c20-18-16-8-9-21-11-13(16)4-7-17(18)22-19(24)12-2-1-3-15(10-12)27(25,26)23-14-5-6-14/h1-4,7,10,14,21,23H,5-6,8-9,11H2,(H,22,24). The first-order valence-corrected chi connectivity index (χ1v) is 10.4. The van der Waals surface area contributed by atoms with E-state index < -0.39 is 21.7 Å².